The Morgan fingerprint density at radius 2 is 1.95 bits per heavy atom. The maximum Gasteiger partial charge on any atom is 0.417 e. The number of carbonyl (C=O) groups is 1. The minimum atomic E-state index is -4.64. The first-order chi connectivity index (χ1) is 9.77. The molecule has 2 rings (SSSR count). The molecule has 1 aromatic carbocycles. The predicted octanol–water partition coefficient (Wildman–Crippen LogP) is 4.77. The van der Waals surface area contributed by atoms with Crippen molar-refractivity contribution in [3.63, 3.8) is 0 Å². The molecule has 0 saturated carbocycles. The van der Waals surface area contributed by atoms with Gasteiger partial charge < -0.3 is 5.32 Å². The highest BCUT2D eigenvalue weighted by Gasteiger charge is 2.35. The molecule has 0 aliphatic rings. The molecule has 1 heterocycles. The summed E-state index contributed by atoms with van der Waals surface area (Å²) in [4.78, 5) is 15.8. The molecule has 21 heavy (non-hydrogen) atoms. The predicted molar refractivity (Wildman–Crippen MR) is 76.3 cm³/mol. The average Bonchev–Trinajstić information content (AvgIpc) is 2.40. The van der Waals surface area contributed by atoms with Crippen LogP contribution in [0.5, 0.6) is 0 Å². The summed E-state index contributed by atoms with van der Waals surface area (Å²) in [7, 11) is 0. The fourth-order valence-corrected chi connectivity index (χ4v) is 2.06. The molecule has 0 aliphatic heterocycles. The lowest BCUT2D eigenvalue weighted by molar-refractivity contribution is -0.137. The van der Waals surface area contributed by atoms with Gasteiger partial charge in [0.1, 0.15) is 5.82 Å². The zero-order valence-corrected chi connectivity index (χ0v) is 12.6. The van der Waals surface area contributed by atoms with Gasteiger partial charge in [-0.1, -0.05) is 27.5 Å². The third-order valence-electron chi connectivity index (χ3n) is 2.50. The van der Waals surface area contributed by atoms with E-state index in [1.165, 1.54) is 24.4 Å². The standard InChI is InChI=1S/C13H7BrClF3N2O/c14-7-1-3-9(10(5-7)13(16,17)18)12(21)20-11-4-2-8(15)6-19-11/h1-6H,(H,19,20,21). The Kier molecular flexibility index (Phi) is 4.53. The minimum Gasteiger partial charge on any atom is -0.307 e. The smallest absolute Gasteiger partial charge is 0.307 e. The van der Waals surface area contributed by atoms with Crippen molar-refractivity contribution in [2.45, 2.75) is 6.18 Å². The number of amides is 1. The molecular formula is C13H7BrClF3N2O. The molecule has 3 nitrogen and oxygen atoms in total. The van der Waals surface area contributed by atoms with Gasteiger partial charge in [0.05, 0.1) is 16.1 Å². The highest BCUT2D eigenvalue weighted by molar-refractivity contribution is 9.10. The van der Waals surface area contributed by atoms with Crippen LogP contribution < -0.4 is 5.32 Å². The number of nitrogens with one attached hydrogen (secondary N) is 1. The first-order valence-electron chi connectivity index (χ1n) is 5.57. The van der Waals surface area contributed by atoms with Crippen molar-refractivity contribution in [1.29, 1.82) is 0 Å². The molecule has 8 heteroatoms. The molecule has 0 atom stereocenters. The number of anilines is 1. The van der Waals surface area contributed by atoms with Gasteiger partial charge in [-0.3, -0.25) is 4.79 Å². The summed E-state index contributed by atoms with van der Waals surface area (Å²) in [6.45, 7) is 0. The van der Waals surface area contributed by atoms with Gasteiger partial charge in [-0.05, 0) is 30.3 Å². The Hall–Kier alpha value is -1.60. The van der Waals surface area contributed by atoms with Gasteiger partial charge in [0.15, 0.2) is 0 Å². The van der Waals surface area contributed by atoms with Gasteiger partial charge in [0.2, 0.25) is 0 Å². The molecule has 110 valence electrons. The van der Waals surface area contributed by atoms with E-state index >= 15 is 0 Å². The van der Waals surface area contributed by atoms with E-state index < -0.39 is 23.2 Å². The quantitative estimate of drug-likeness (QED) is 0.817. The zero-order valence-electron chi connectivity index (χ0n) is 10.2. The molecule has 0 aliphatic carbocycles. The van der Waals surface area contributed by atoms with Crippen LogP contribution in [0.15, 0.2) is 41.0 Å². The first-order valence-corrected chi connectivity index (χ1v) is 6.74. The van der Waals surface area contributed by atoms with Crippen LogP contribution in [0, 0.1) is 0 Å². The maximum atomic E-state index is 12.9. The maximum absolute atomic E-state index is 12.9. The third kappa shape index (κ3) is 3.95. The van der Waals surface area contributed by atoms with Crippen molar-refractivity contribution >= 4 is 39.3 Å². The van der Waals surface area contributed by atoms with E-state index in [1.54, 1.807) is 0 Å². The van der Waals surface area contributed by atoms with Crippen molar-refractivity contribution in [2.75, 3.05) is 5.32 Å². The summed E-state index contributed by atoms with van der Waals surface area (Å²) in [6, 6.07) is 6.17. The number of halogens is 5. The number of nitrogens with zero attached hydrogens (tertiary/aromatic N) is 1. The van der Waals surface area contributed by atoms with Crippen LogP contribution in [-0.4, -0.2) is 10.9 Å². The molecule has 1 amide bonds. The third-order valence-corrected chi connectivity index (χ3v) is 3.22. The van der Waals surface area contributed by atoms with Gasteiger partial charge in [0.25, 0.3) is 5.91 Å². The Morgan fingerprint density at radius 3 is 2.52 bits per heavy atom. The Balaban J connectivity index is 2.33. The van der Waals surface area contributed by atoms with Crippen molar-refractivity contribution in [2.24, 2.45) is 0 Å². The molecule has 1 aromatic heterocycles. The molecule has 0 radical (unpaired) electrons. The van der Waals surface area contributed by atoms with Gasteiger partial charge in [-0.25, -0.2) is 4.98 Å². The van der Waals surface area contributed by atoms with E-state index in [-0.39, 0.29) is 10.3 Å². The van der Waals surface area contributed by atoms with Gasteiger partial charge in [-0.2, -0.15) is 13.2 Å². The molecule has 0 bridgehead atoms. The number of aromatic nitrogens is 1. The zero-order chi connectivity index (χ0) is 15.6. The summed E-state index contributed by atoms with van der Waals surface area (Å²) < 4.78 is 39.1. The highest BCUT2D eigenvalue weighted by atomic mass is 79.9. The minimum absolute atomic E-state index is 0.112. The van der Waals surface area contributed by atoms with Crippen molar-refractivity contribution in [3.05, 3.63) is 57.2 Å². The summed E-state index contributed by atoms with van der Waals surface area (Å²) in [5.74, 6) is -0.787. The first kappa shape index (κ1) is 15.8. The van der Waals surface area contributed by atoms with Crippen LogP contribution in [0.3, 0.4) is 0 Å². The van der Waals surface area contributed by atoms with Crippen LogP contribution in [0.1, 0.15) is 15.9 Å². The summed E-state index contributed by atoms with van der Waals surface area (Å²) in [6.07, 6.45) is -3.35. The van der Waals surface area contributed by atoms with Crippen LogP contribution in [0.4, 0.5) is 19.0 Å². The fourth-order valence-electron chi connectivity index (χ4n) is 1.58. The largest absolute Gasteiger partial charge is 0.417 e. The Labute approximate surface area is 131 Å². The number of rotatable bonds is 2. The lowest BCUT2D eigenvalue weighted by Crippen LogP contribution is -2.19. The summed E-state index contributed by atoms with van der Waals surface area (Å²) in [5.41, 5.74) is -1.51. The lowest BCUT2D eigenvalue weighted by Gasteiger charge is -2.13. The van der Waals surface area contributed by atoms with Crippen molar-refractivity contribution < 1.29 is 18.0 Å². The topological polar surface area (TPSA) is 42.0 Å². The number of hydrogen-bond donors (Lipinski definition) is 1. The van der Waals surface area contributed by atoms with E-state index in [9.17, 15) is 18.0 Å². The fraction of sp³-hybridized carbons (Fsp3) is 0.0769. The highest BCUT2D eigenvalue weighted by Crippen LogP contribution is 2.34. The number of benzene rings is 1. The second-order valence-electron chi connectivity index (χ2n) is 4.00. The summed E-state index contributed by atoms with van der Waals surface area (Å²) >= 11 is 8.59. The van der Waals surface area contributed by atoms with Gasteiger partial charge >= 0.3 is 6.18 Å². The van der Waals surface area contributed by atoms with E-state index in [1.807, 2.05) is 0 Å². The van der Waals surface area contributed by atoms with Gasteiger partial charge in [0, 0.05) is 10.7 Å². The van der Waals surface area contributed by atoms with Gasteiger partial charge in [-0.15, -0.1) is 0 Å². The van der Waals surface area contributed by atoms with Crippen molar-refractivity contribution in [3.8, 4) is 0 Å². The second kappa shape index (κ2) is 6.03. The normalized spacial score (nSPS) is 11.3. The van der Waals surface area contributed by atoms with E-state index in [2.05, 4.69) is 26.2 Å². The van der Waals surface area contributed by atoms with Crippen LogP contribution >= 0.6 is 27.5 Å². The van der Waals surface area contributed by atoms with E-state index in [0.717, 1.165) is 12.1 Å². The molecule has 0 fully saturated rings. The lowest BCUT2D eigenvalue weighted by atomic mass is 10.1. The molecule has 0 saturated heterocycles. The molecule has 0 spiro atoms. The van der Waals surface area contributed by atoms with Crippen molar-refractivity contribution in [1.82, 2.24) is 4.98 Å². The SMILES string of the molecule is O=C(Nc1ccc(Cl)cn1)c1ccc(Br)cc1C(F)(F)F. The Bertz CT molecular complexity index is 674. The number of alkyl halides is 3. The van der Waals surface area contributed by atoms with Crippen LogP contribution in [0.25, 0.3) is 0 Å². The van der Waals surface area contributed by atoms with Crippen LogP contribution in [0.2, 0.25) is 5.02 Å². The van der Waals surface area contributed by atoms with Crippen LogP contribution in [-0.2, 0) is 6.18 Å². The summed E-state index contributed by atoms with van der Waals surface area (Å²) in [5, 5.41) is 2.65. The second-order valence-corrected chi connectivity index (χ2v) is 5.36. The number of carbonyl (C=O) groups excluding carboxylic acids is 1. The van der Waals surface area contributed by atoms with E-state index in [0.29, 0.717) is 5.02 Å². The number of pyridine rings is 1. The van der Waals surface area contributed by atoms with E-state index in [4.69, 9.17) is 11.6 Å². The molecule has 1 N–H and O–H groups in total. The monoisotopic (exact) mass is 378 g/mol. The molecule has 0 unspecified atom stereocenters. The average molecular weight is 380 g/mol. The Morgan fingerprint density at radius 1 is 1.24 bits per heavy atom. The molecular weight excluding hydrogens is 373 g/mol. The molecule has 2 aromatic rings. The number of hydrogen-bond acceptors (Lipinski definition) is 2.